The van der Waals surface area contributed by atoms with Crippen molar-refractivity contribution < 1.29 is 9.59 Å². The number of nitrogens with one attached hydrogen (secondary N) is 1. The van der Waals surface area contributed by atoms with E-state index in [-0.39, 0.29) is 6.17 Å². The molecule has 0 saturated carbocycles. The van der Waals surface area contributed by atoms with Crippen LogP contribution in [-0.4, -0.2) is 86.9 Å². The third-order valence-corrected chi connectivity index (χ3v) is 3.85. The van der Waals surface area contributed by atoms with Crippen molar-refractivity contribution in [1.29, 1.82) is 0 Å². The number of amides is 1. The van der Waals surface area contributed by atoms with Gasteiger partial charge in [0.05, 0.1) is 12.2 Å². The maximum Gasteiger partial charge on any atom is 0.207 e. The van der Waals surface area contributed by atoms with E-state index < -0.39 is 6.04 Å². The molecule has 6 nitrogen and oxygen atoms in total. The van der Waals surface area contributed by atoms with Gasteiger partial charge in [0.1, 0.15) is 6.29 Å². The minimum atomic E-state index is -0.414. The van der Waals surface area contributed by atoms with Gasteiger partial charge in [0.2, 0.25) is 6.41 Å². The first-order valence-corrected chi connectivity index (χ1v) is 6.71. The first-order valence-electron chi connectivity index (χ1n) is 6.71. The SMILES string of the molecule is CN(C)C1CCN(C(CC(C=O)NC=O)N(C)C)C1. The normalized spacial score (nSPS) is 23.6. The molecular formula is C13H26N4O2. The van der Waals surface area contributed by atoms with Gasteiger partial charge in [0, 0.05) is 25.6 Å². The van der Waals surface area contributed by atoms with E-state index in [0.29, 0.717) is 18.9 Å². The lowest BCUT2D eigenvalue weighted by atomic mass is 10.1. The summed E-state index contributed by atoms with van der Waals surface area (Å²) < 4.78 is 0. The molecule has 0 aromatic rings. The first-order chi connectivity index (χ1) is 8.99. The highest BCUT2D eigenvalue weighted by Crippen LogP contribution is 2.19. The fourth-order valence-electron chi connectivity index (χ4n) is 2.62. The molecule has 0 radical (unpaired) electrons. The van der Waals surface area contributed by atoms with E-state index in [4.69, 9.17) is 0 Å². The van der Waals surface area contributed by atoms with Crippen molar-refractivity contribution in [2.45, 2.75) is 31.1 Å². The Kier molecular flexibility index (Phi) is 6.41. The van der Waals surface area contributed by atoms with Crippen LogP contribution in [0.25, 0.3) is 0 Å². The number of aldehydes is 1. The molecule has 1 saturated heterocycles. The molecule has 1 fully saturated rings. The zero-order valence-electron chi connectivity index (χ0n) is 12.4. The lowest BCUT2D eigenvalue weighted by Gasteiger charge is -2.35. The molecule has 1 rings (SSSR count). The van der Waals surface area contributed by atoms with Crippen LogP contribution in [0.4, 0.5) is 0 Å². The Morgan fingerprint density at radius 1 is 1.32 bits per heavy atom. The Hall–Kier alpha value is -0.980. The van der Waals surface area contributed by atoms with Gasteiger partial charge in [-0.3, -0.25) is 14.6 Å². The first kappa shape index (κ1) is 16.1. The summed E-state index contributed by atoms with van der Waals surface area (Å²) in [6.45, 7) is 2.03. The lowest BCUT2D eigenvalue weighted by Crippen LogP contribution is -2.49. The number of rotatable bonds is 8. The molecule has 0 spiro atoms. The van der Waals surface area contributed by atoms with Crippen molar-refractivity contribution in [3.63, 3.8) is 0 Å². The lowest BCUT2D eigenvalue weighted by molar-refractivity contribution is -0.116. The number of likely N-dealkylation sites (N-methyl/N-ethyl adjacent to an activating group) is 1. The number of likely N-dealkylation sites (tertiary alicyclic amines) is 1. The van der Waals surface area contributed by atoms with Gasteiger partial charge in [-0.2, -0.15) is 0 Å². The average Bonchev–Trinajstić information content (AvgIpc) is 2.83. The smallest absolute Gasteiger partial charge is 0.207 e. The minimum Gasteiger partial charge on any atom is -0.349 e. The van der Waals surface area contributed by atoms with Crippen LogP contribution in [0.2, 0.25) is 0 Å². The Morgan fingerprint density at radius 3 is 2.42 bits per heavy atom. The van der Waals surface area contributed by atoms with Crippen molar-refractivity contribution >= 4 is 12.7 Å². The highest BCUT2D eigenvalue weighted by Gasteiger charge is 2.31. The van der Waals surface area contributed by atoms with Crippen LogP contribution in [-0.2, 0) is 9.59 Å². The van der Waals surface area contributed by atoms with Crippen molar-refractivity contribution in [2.24, 2.45) is 0 Å². The molecule has 1 N–H and O–H groups in total. The maximum absolute atomic E-state index is 11.0. The molecule has 1 aliphatic heterocycles. The van der Waals surface area contributed by atoms with Crippen molar-refractivity contribution in [3.8, 4) is 0 Å². The van der Waals surface area contributed by atoms with Crippen molar-refractivity contribution in [2.75, 3.05) is 41.3 Å². The second-order valence-corrected chi connectivity index (χ2v) is 5.61. The van der Waals surface area contributed by atoms with E-state index in [1.54, 1.807) is 0 Å². The van der Waals surface area contributed by atoms with Crippen LogP contribution < -0.4 is 5.32 Å². The van der Waals surface area contributed by atoms with Gasteiger partial charge in [-0.1, -0.05) is 0 Å². The molecule has 19 heavy (non-hydrogen) atoms. The standard InChI is InChI=1S/C13H26N4O2/c1-15(2)12-5-6-17(8-12)13(16(3)4)7-11(9-18)14-10-19/h9-13H,5-8H2,1-4H3,(H,14,19). The summed E-state index contributed by atoms with van der Waals surface area (Å²) in [7, 11) is 8.22. The molecule has 0 aliphatic carbocycles. The average molecular weight is 270 g/mol. The van der Waals surface area contributed by atoms with Gasteiger partial charge in [0.15, 0.2) is 0 Å². The Labute approximate surface area is 115 Å². The molecule has 1 heterocycles. The summed E-state index contributed by atoms with van der Waals surface area (Å²) >= 11 is 0. The summed E-state index contributed by atoms with van der Waals surface area (Å²) in [5, 5.41) is 2.56. The van der Waals surface area contributed by atoms with Gasteiger partial charge in [0.25, 0.3) is 0 Å². The molecule has 3 unspecified atom stereocenters. The fourth-order valence-corrected chi connectivity index (χ4v) is 2.62. The maximum atomic E-state index is 11.0. The largest absolute Gasteiger partial charge is 0.349 e. The summed E-state index contributed by atoms with van der Waals surface area (Å²) in [6.07, 6.45) is 3.34. The molecule has 3 atom stereocenters. The van der Waals surface area contributed by atoms with Crippen LogP contribution >= 0.6 is 0 Å². The summed E-state index contributed by atoms with van der Waals surface area (Å²) in [4.78, 5) is 28.2. The zero-order chi connectivity index (χ0) is 14.4. The highest BCUT2D eigenvalue weighted by molar-refractivity contribution is 5.63. The van der Waals surface area contributed by atoms with E-state index in [0.717, 1.165) is 25.8 Å². The predicted molar refractivity (Wildman–Crippen MR) is 74.8 cm³/mol. The molecule has 110 valence electrons. The monoisotopic (exact) mass is 270 g/mol. The van der Waals surface area contributed by atoms with Gasteiger partial charge in [-0.25, -0.2) is 0 Å². The summed E-state index contributed by atoms with van der Waals surface area (Å²) in [6, 6.07) is 0.152. The van der Waals surface area contributed by atoms with Gasteiger partial charge in [-0.15, -0.1) is 0 Å². The second-order valence-electron chi connectivity index (χ2n) is 5.61. The molecular weight excluding hydrogens is 244 g/mol. The van der Waals surface area contributed by atoms with E-state index >= 15 is 0 Å². The number of hydrogen-bond donors (Lipinski definition) is 1. The Balaban J connectivity index is 2.62. The molecule has 1 aliphatic rings. The number of carbonyl (C=O) groups excluding carboxylic acids is 2. The van der Waals surface area contributed by atoms with E-state index in [1.807, 2.05) is 14.1 Å². The Bertz CT molecular complexity index is 296. The van der Waals surface area contributed by atoms with E-state index in [1.165, 1.54) is 0 Å². The van der Waals surface area contributed by atoms with Crippen molar-refractivity contribution in [3.05, 3.63) is 0 Å². The van der Waals surface area contributed by atoms with Crippen LogP contribution in [0.1, 0.15) is 12.8 Å². The van der Waals surface area contributed by atoms with Gasteiger partial charge in [-0.05, 0) is 34.6 Å². The number of carbonyl (C=O) groups is 2. The zero-order valence-corrected chi connectivity index (χ0v) is 12.4. The minimum absolute atomic E-state index is 0.174. The quantitative estimate of drug-likeness (QED) is 0.586. The highest BCUT2D eigenvalue weighted by atomic mass is 16.1. The molecule has 6 heteroatoms. The Morgan fingerprint density at radius 2 is 2.00 bits per heavy atom. The van der Waals surface area contributed by atoms with Gasteiger partial charge >= 0.3 is 0 Å². The van der Waals surface area contributed by atoms with Crippen molar-refractivity contribution in [1.82, 2.24) is 20.0 Å². The molecule has 1 amide bonds. The van der Waals surface area contributed by atoms with Crippen LogP contribution in [0.5, 0.6) is 0 Å². The van der Waals surface area contributed by atoms with Crippen LogP contribution in [0.3, 0.4) is 0 Å². The van der Waals surface area contributed by atoms with Crippen LogP contribution in [0, 0.1) is 0 Å². The molecule has 0 aromatic carbocycles. The third kappa shape index (κ3) is 4.56. The summed E-state index contributed by atoms with van der Waals surface area (Å²) in [5.41, 5.74) is 0. The van der Waals surface area contributed by atoms with E-state index in [2.05, 4.69) is 34.1 Å². The second kappa shape index (κ2) is 7.57. The molecule has 0 bridgehead atoms. The summed E-state index contributed by atoms with van der Waals surface area (Å²) in [5.74, 6) is 0. The van der Waals surface area contributed by atoms with Gasteiger partial charge < -0.3 is 15.0 Å². The fraction of sp³-hybridized carbons (Fsp3) is 0.846. The number of hydrogen-bond acceptors (Lipinski definition) is 5. The molecule has 0 aromatic heterocycles. The topological polar surface area (TPSA) is 55.9 Å². The predicted octanol–water partition coefficient (Wildman–Crippen LogP) is -0.786. The third-order valence-electron chi connectivity index (χ3n) is 3.85. The van der Waals surface area contributed by atoms with Crippen LogP contribution in [0.15, 0.2) is 0 Å². The number of nitrogens with zero attached hydrogens (tertiary/aromatic N) is 3. The van der Waals surface area contributed by atoms with E-state index in [9.17, 15) is 9.59 Å².